The van der Waals surface area contributed by atoms with E-state index in [1.165, 1.54) is 18.2 Å². The number of ketones is 1. The van der Waals surface area contributed by atoms with Crippen LogP contribution >= 0.6 is 0 Å². The van der Waals surface area contributed by atoms with E-state index in [-0.39, 0.29) is 5.56 Å². The van der Waals surface area contributed by atoms with Gasteiger partial charge in [0.2, 0.25) is 0 Å². The first-order valence-electron chi connectivity index (χ1n) is 6.43. The smallest absolute Gasteiger partial charge is 0.324 e. The summed E-state index contributed by atoms with van der Waals surface area (Å²) in [7, 11) is 0. The Morgan fingerprint density at radius 1 is 1.18 bits per heavy atom. The maximum Gasteiger partial charge on any atom is 0.324 e. The van der Waals surface area contributed by atoms with Crippen LogP contribution < -0.4 is 0 Å². The molecule has 1 aromatic carbocycles. The summed E-state index contributed by atoms with van der Waals surface area (Å²) in [6, 6.07) is 5.24. The van der Waals surface area contributed by atoms with Gasteiger partial charge in [-0.15, -0.1) is 0 Å². The van der Waals surface area contributed by atoms with Gasteiger partial charge in [0.1, 0.15) is 17.5 Å². The van der Waals surface area contributed by atoms with E-state index in [2.05, 4.69) is 4.74 Å². The third-order valence-electron chi connectivity index (χ3n) is 3.04. The minimum Gasteiger partial charge on any atom is -0.481 e. The molecule has 1 N–H and O–H groups in total. The number of hydrogen-bond donors (Lipinski definition) is 1. The van der Waals surface area contributed by atoms with E-state index in [0.717, 1.165) is 19.9 Å². The van der Waals surface area contributed by atoms with Gasteiger partial charge in [-0.2, -0.15) is 0 Å². The zero-order valence-electron chi connectivity index (χ0n) is 12.0. The van der Waals surface area contributed by atoms with Crippen LogP contribution in [0.3, 0.4) is 0 Å². The summed E-state index contributed by atoms with van der Waals surface area (Å²) in [6.45, 7) is 2.03. The lowest BCUT2D eigenvalue weighted by Crippen LogP contribution is -2.33. The highest BCUT2D eigenvalue weighted by atomic mass is 19.1. The molecule has 0 bridgehead atoms. The number of benzene rings is 1. The number of halogens is 1. The van der Waals surface area contributed by atoms with Crippen LogP contribution in [0, 0.1) is 11.7 Å². The molecular weight excluding hydrogens is 295 g/mol. The number of ether oxygens (including phenoxy) is 1. The first-order valence-corrected chi connectivity index (χ1v) is 6.43. The van der Waals surface area contributed by atoms with Gasteiger partial charge in [-0.1, -0.05) is 18.2 Å². The quantitative estimate of drug-likeness (QED) is 0.634. The second-order valence-corrected chi connectivity index (χ2v) is 4.73. The number of rotatable bonds is 6. The molecule has 0 aliphatic rings. The molecule has 0 aromatic heterocycles. The van der Waals surface area contributed by atoms with Crippen molar-refractivity contribution in [3.8, 4) is 0 Å². The average molecular weight is 310 g/mol. The Morgan fingerprint density at radius 2 is 1.77 bits per heavy atom. The van der Waals surface area contributed by atoms with Gasteiger partial charge in [-0.05, 0) is 18.6 Å². The Hall–Kier alpha value is -2.57. The van der Waals surface area contributed by atoms with Gasteiger partial charge >= 0.3 is 17.9 Å². The van der Waals surface area contributed by atoms with Crippen molar-refractivity contribution in [2.45, 2.75) is 26.2 Å². The van der Waals surface area contributed by atoms with Crippen molar-refractivity contribution in [2.75, 3.05) is 0 Å². The van der Waals surface area contributed by atoms with Gasteiger partial charge in [0.15, 0.2) is 0 Å². The molecule has 1 rings (SSSR count). The van der Waals surface area contributed by atoms with E-state index >= 15 is 0 Å². The molecular formula is C15H15FO6. The zero-order chi connectivity index (χ0) is 16.9. The standard InChI is InChI=1S/C15H15FO6/c1-8(17)14(15(21)22-9(2)18)11(7-13(19)20)10-5-3-4-6-12(10)16/h3-6,11,14H,7H2,1-2H3,(H,19,20). The van der Waals surface area contributed by atoms with E-state index in [4.69, 9.17) is 5.11 Å². The molecule has 1 aromatic rings. The minimum atomic E-state index is -1.57. The Kier molecular flexibility index (Phi) is 5.91. The fourth-order valence-corrected chi connectivity index (χ4v) is 2.19. The van der Waals surface area contributed by atoms with E-state index in [9.17, 15) is 23.6 Å². The summed E-state index contributed by atoms with van der Waals surface area (Å²) in [4.78, 5) is 45.6. The molecule has 0 radical (unpaired) electrons. The first-order chi connectivity index (χ1) is 10.2. The predicted octanol–water partition coefficient (Wildman–Crippen LogP) is 1.68. The summed E-state index contributed by atoms with van der Waals surface area (Å²) in [6.07, 6.45) is -0.655. The molecule has 0 aliphatic heterocycles. The van der Waals surface area contributed by atoms with Crippen LogP contribution in [0.2, 0.25) is 0 Å². The van der Waals surface area contributed by atoms with Crippen LogP contribution in [0.5, 0.6) is 0 Å². The topological polar surface area (TPSA) is 97.7 Å². The van der Waals surface area contributed by atoms with Crippen molar-refractivity contribution < 1.29 is 33.4 Å². The third kappa shape index (κ3) is 4.47. The van der Waals surface area contributed by atoms with Crippen molar-refractivity contribution >= 4 is 23.7 Å². The number of esters is 2. The number of carbonyl (C=O) groups is 4. The van der Waals surface area contributed by atoms with Crippen LogP contribution in [-0.4, -0.2) is 28.8 Å². The molecule has 0 spiro atoms. The molecule has 0 aliphatic carbocycles. The second kappa shape index (κ2) is 7.44. The zero-order valence-corrected chi connectivity index (χ0v) is 12.0. The Morgan fingerprint density at radius 3 is 2.23 bits per heavy atom. The lowest BCUT2D eigenvalue weighted by Gasteiger charge is -2.22. The molecule has 0 heterocycles. The van der Waals surface area contributed by atoms with Gasteiger partial charge in [0.05, 0.1) is 6.42 Å². The predicted molar refractivity (Wildman–Crippen MR) is 72.3 cm³/mol. The summed E-state index contributed by atoms with van der Waals surface area (Å²) in [5.74, 6) is -7.71. The molecule has 0 fully saturated rings. The van der Waals surface area contributed by atoms with Gasteiger partial charge in [-0.3, -0.25) is 19.2 Å². The molecule has 118 valence electrons. The fraction of sp³-hybridized carbons (Fsp3) is 0.333. The lowest BCUT2D eigenvalue weighted by molar-refractivity contribution is -0.162. The second-order valence-electron chi connectivity index (χ2n) is 4.73. The number of carbonyl (C=O) groups excluding carboxylic acids is 3. The normalized spacial score (nSPS) is 13.0. The largest absolute Gasteiger partial charge is 0.481 e. The average Bonchev–Trinajstić information content (AvgIpc) is 2.36. The molecule has 0 saturated carbocycles. The molecule has 0 amide bonds. The van der Waals surface area contributed by atoms with Crippen LogP contribution in [0.25, 0.3) is 0 Å². The maximum atomic E-state index is 13.9. The highest BCUT2D eigenvalue weighted by molar-refractivity contribution is 6.02. The number of carboxylic acids is 1. The molecule has 6 nitrogen and oxygen atoms in total. The van der Waals surface area contributed by atoms with E-state index in [1.807, 2.05) is 0 Å². The summed E-state index contributed by atoms with van der Waals surface area (Å²) < 4.78 is 18.3. The van der Waals surface area contributed by atoms with Gasteiger partial charge in [0, 0.05) is 12.8 Å². The van der Waals surface area contributed by atoms with Crippen molar-refractivity contribution in [3.05, 3.63) is 35.6 Å². The van der Waals surface area contributed by atoms with E-state index in [0.29, 0.717) is 0 Å². The van der Waals surface area contributed by atoms with Crippen LogP contribution in [0.1, 0.15) is 31.7 Å². The number of carboxylic acid groups (broad SMARTS) is 1. The summed E-state index contributed by atoms with van der Waals surface area (Å²) in [5, 5.41) is 8.98. The Balaban J connectivity index is 3.30. The molecule has 0 saturated heterocycles. The van der Waals surface area contributed by atoms with Crippen LogP contribution in [0.15, 0.2) is 24.3 Å². The molecule has 2 atom stereocenters. The minimum absolute atomic E-state index is 0.0920. The molecule has 2 unspecified atom stereocenters. The highest BCUT2D eigenvalue weighted by Crippen LogP contribution is 2.32. The molecule has 7 heteroatoms. The van der Waals surface area contributed by atoms with Gasteiger partial charge in [-0.25, -0.2) is 4.39 Å². The third-order valence-corrected chi connectivity index (χ3v) is 3.04. The van der Waals surface area contributed by atoms with Crippen molar-refractivity contribution in [1.29, 1.82) is 0 Å². The van der Waals surface area contributed by atoms with Gasteiger partial charge in [0.25, 0.3) is 0 Å². The van der Waals surface area contributed by atoms with E-state index < -0.39 is 47.8 Å². The fourth-order valence-electron chi connectivity index (χ4n) is 2.19. The lowest BCUT2D eigenvalue weighted by atomic mass is 9.81. The Labute approximate surface area is 125 Å². The van der Waals surface area contributed by atoms with Crippen molar-refractivity contribution in [1.82, 2.24) is 0 Å². The maximum absolute atomic E-state index is 13.9. The summed E-state index contributed by atoms with van der Waals surface area (Å²) in [5.41, 5.74) is -0.0920. The SMILES string of the molecule is CC(=O)OC(=O)C(C(C)=O)C(CC(=O)O)c1ccccc1F. The van der Waals surface area contributed by atoms with Crippen LogP contribution in [-0.2, 0) is 23.9 Å². The Bertz CT molecular complexity index is 610. The summed E-state index contributed by atoms with van der Waals surface area (Å²) >= 11 is 0. The first kappa shape index (κ1) is 17.5. The molecule has 22 heavy (non-hydrogen) atoms. The number of hydrogen-bond acceptors (Lipinski definition) is 5. The number of Topliss-reactive ketones (excluding diaryl/α,β-unsaturated/α-hetero) is 1. The van der Waals surface area contributed by atoms with Crippen molar-refractivity contribution in [3.63, 3.8) is 0 Å². The van der Waals surface area contributed by atoms with E-state index in [1.54, 1.807) is 0 Å². The van der Waals surface area contributed by atoms with Gasteiger partial charge < -0.3 is 9.84 Å². The number of aliphatic carboxylic acids is 1. The monoisotopic (exact) mass is 310 g/mol. The van der Waals surface area contributed by atoms with Crippen molar-refractivity contribution in [2.24, 2.45) is 5.92 Å². The highest BCUT2D eigenvalue weighted by Gasteiger charge is 2.38. The van der Waals surface area contributed by atoms with Crippen LogP contribution in [0.4, 0.5) is 4.39 Å².